The lowest BCUT2D eigenvalue weighted by atomic mass is 9.97. The summed E-state index contributed by atoms with van der Waals surface area (Å²) in [5, 5.41) is 7.23. The maximum atomic E-state index is 14.2. The summed E-state index contributed by atoms with van der Waals surface area (Å²) >= 11 is 0. The van der Waals surface area contributed by atoms with E-state index in [0.717, 1.165) is 42.8 Å². The number of hydrogen-bond donors (Lipinski definition) is 1. The number of nitrogens with zero attached hydrogens (tertiary/aromatic N) is 2. The van der Waals surface area contributed by atoms with Crippen LogP contribution in [0.3, 0.4) is 0 Å². The number of nitrogens with one attached hydrogen (secondary N) is 1. The maximum Gasteiger partial charge on any atom is 0.256 e. The number of hydrogen-bond acceptors (Lipinski definition) is 4. The Bertz CT molecular complexity index is 747. The third kappa shape index (κ3) is 3.90. The molecule has 134 valence electrons. The molecule has 1 amide bonds. The molecule has 0 radical (unpaired) electrons. The van der Waals surface area contributed by atoms with Crippen LogP contribution in [0.2, 0.25) is 0 Å². The van der Waals surface area contributed by atoms with Crippen LogP contribution in [-0.2, 0) is 13.0 Å². The highest BCUT2D eigenvalue weighted by Crippen LogP contribution is 2.20. The fraction of sp³-hybridized carbons (Fsp3) is 0.474. The Balaban J connectivity index is 1.76. The van der Waals surface area contributed by atoms with E-state index in [2.05, 4.69) is 10.5 Å². The van der Waals surface area contributed by atoms with E-state index in [0.29, 0.717) is 18.2 Å². The van der Waals surface area contributed by atoms with Gasteiger partial charge in [-0.1, -0.05) is 11.2 Å². The number of aryl methyl sites for hydroxylation is 2. The molecule has 1 fully saturated rings. The third-order valence-electron chi connectivity index (χ3n) is 4.87. The summed E-state index contributed by atoms with van der Waals surface area (Å²) in [7, 11) is 1.67. The molecule has 1 N–H and O–H groups in total. The van der Waals surface area contributed by atoms with Crippen LogP contribution in [0.5, 0.6) is 0 Å². The number of amides is 1. The van der Waals surface area contributed by atoms with E-state index < -0.39 is 5.82 Å². The highest BCUT2D eigenvalue weighted by molar-refractivity contribution is 5.94. The minimum atomic E-state index is -0.482. The zero-order valence-electron chi connectivity index (χ0n) is 14.9. The lowest BCUT2D eigenvalue weighted by molar-refractivity contribution is 0.0779. The number of benzene rings is 1. The Morgan fingerprint density at radius 3 is 2.88 bits per heavy atom. The van der Waals surface area contributed by atoms with Crippen LogP contribution in [0, 0.1) is 25.6 Å². The monoisotopic (exact) mass is 345 g/mol. The number of aromatic nitrogens is 1. The molecule has 3 rings (SSSR count). The minimum Gasteiger partial charge on any atom is -0.361 e. The standard InChI is InChI=1S/C19H24FN3O2/c1-12-17(13(2)25-22-12)11-23(3)19(24)16-9-14(4-5-18(16)20)8-15-6-7-21-10-15/h4-5,9,15,21H,6-8,10-11H2,1-3H3. The predicted octanol–water partition coefficient (Wildman–Crippen LogP) is 2.85. The van der Waals surface area contributed by atoms with Crippen molar-refractivity contribution in [1.82, 2.24) is 15.4 Å². The van der Waals surface area contributed by atoms with Gasteiger partial charge in [0.15, 0.2) is 0 Å². The molecule has 2 aromatic rings. The molecule has 25 heavy (non-hydrogen) atoms. The van der Waals surface area contributed by atoms with E-state index in [4.69, 9.17) is 4.52 Å². The van der Waals surface area contributed by atoms with Gasteiger partial charge in [0, 0.05) is 12.6 Å². The molecule has 1 aliphatic heterocycles. The third-order valence-corrected chi connectivity index (χ3v) is 4.87. The Kier molecular flexibility index (Phi) is 5.18. The fourth-order valence-corrected chi connectivity index (χ4v) is 3.33. The van der Waals surface area contributed by atoms with Crippen LogP contribution >= 0.6 is 0 Å². The second-order valence-electron chi connectivity index (χ2n) is 6.84. The molecule has 1 atom stereocenters. The quantitative estimate of drug-likeness (QED) is 0.905. The van der Waals surface area contributed by atoms with Crippen molar-refractivity contribution in [1.29, 1.82) is 0 Å². The van der Waals surface area contributed by atoms with Crippen LogP contribution in [-0.4, -0.2) is 36.1 Å². The van der Waals surface area contributed by atoms with Crippen LogP contribution in [0.1, 0.15) is 39.4 Å². The molecule has 0 aliphatic carbocycles. The van der Waals surface area contributed by atoms with Crippen molar-refractivity contribution in [2.45, 2.75) is 33.2 Å². The van der Waals surface area contributed by atoms with Crippen LogP contribution in [0.4, 0.5) is 4.39 Å². The molecule has 5 nitrogen and oxygen atoms in total. The summed E-state index contributed by atoms with van der Waals surface area (Å²) in [6.45, 7) is 5.99. The average Bonchev–Trinajstić information content (AvgIpc) is 3.21. The molecule has 1 aromatic carbocycles. The fourth-order valence-electron chi connectivity index (χ4n) is 3.33. The van der Waals surface area contributed by atoms with Gasteiger partial charge in [-0.2, -0.15) is 0 Å². The van der Waals surface area contributed by atoms with E-state index >= 15 is 0 Å². The van der Waals surface area contributed by atoms with E-state index in [9.17, 15) is 9.18 Å². The smallest absolute Gasteiger partial charge is 0.256 e. The van der Waals surface area contributed by atoms with Crippen molar-refractivity contribution in [2.75, 3.05) is 20.1 Å². The molecule has 0 spiro atoms. The minimum absolute atomic E-state index is 0.123. The lowest BCUT2D eigenvalue weighted by Gasteiger charge is -2.18. The van der Waals surface area contributed by atoms with Gasteiger partial charge >= 0.3 is 0 Å². The van der Waals surface area contributed by atoms with E-state index in [1.165, 1.54) is 11.0 Å². The Hall–Kier alpha value is -2.21. The molecule has 1 aromatic heterocycles. The summed E-state index contributed by atoms with van der Waals surface area (Å²) < 4.78 is 19.4. The van der Waals surface area contributed by atoms with Gasteiger partial charge in [0.1, 0.15) is 11.6 Å². The zero-order valence-corrected chi connectivity index (χ0v) is 14.9. The van der Waals surface area contributed by atoms with Gasteiger partial charge in [-0.25, -0.2) is 4.39 Å². The summed E-state index contributed by atoms with van der Waals surface area (Å²) in [5.74, 6) is 0.418. The zero-order chi connectivity index (χ0) is 18.0. The van der Waals surface area contributed by atoms with Crippen molar-refractivity contribution in [3.63, 3.8) is 0 Å². The topological polar surface area (TPSA) is 58.4 Å². The summed E-state index contributed by atoms with van der Waals surface area (Å²) in [6.07, 6.45) is 1.98. The Morgan fingerprint density at radius 1 is 1.44 bits per heavy atom. The first-order valence-corrected chi connectivity index (χ1v) is 8.62. The lowest BCUT2D eigenvalue weighted by Crippen LogP contribution is -2.27. The van der Waals surface area contributed by atoms with Crippen LogP contribution in [0.15, 0.2) is 22.7 Å². The van der Waals surface area contributed by atoms with E-state index in [1.807, 2.05) is 13.8 Å². The summed E-state index contributed by atoms with van der Waals surface area (Å²) in [5.41, 5.74) is 2.74. The van der Waals surface area contributed by atoms with E-state index in [1.54, 1.807) is 19.2 Å². The van der Waals surface area contributed by atoms with Gasteiger partial charge in [0.2, 0.25) is 0 Å². The van der Waals surface area contributed by atoms with Gasteiger partial charge in [-0.15, -0.1) is 0 Å². The highest BCUT2D eigenvalue weighted by Gasteiger charge is 2.21. The van der Waals surface area contributed by atoms with Gasteiger partial charge in [0.25, 0.3) is 5.91 Å². The van der Waals surface area contributed by atoms with Gasteiger partial charge in [0.05, 0.1) is 17.8 Å². The van der Waals surface area contributed by atoms with Crippen LogP contribution in [0.25, 0.3) is 0 Å². The second-order valence-corrected chi connectivity index (χ2v) is 6.84. The van der Waals surface area contributed by atoms with Crippen molar-refractivity contribution < 1.29 is 13.7 Å². The highest BCUT2D eigenvalue weighted by atomic mass is 19.1. The molecule has 0 saturated carbocycles. The average molecular weight is 345 g/mol. The SMILES string of the molecule is Cc1noc(C)c1CN(C)C(=O)c1cc(CC2CCNC2)ccc1F. The first kappa shape index (κ1) is 17.6. The van der Waals surface area contributed by atoms with Crippen molar-refractivity contribution in [2.24, 2.45) is 5.92 Å². The maximum absolute atomic E-state index is 14.2. The van der Waals surface area contributed by atoms with Gasteiger partial charge in [-0.05, 0) is 63.4 Å². The molecule has 2 heterocycles. The molecule has 1 aliphatic rings. The van der Waals surface area contributed by atoms with E-state index in [-0.39, 0.29) is 11.5 Å². The first-order chi connectivity index (χ1) is 12.0. The number of halogens is 1. The normalized spacial score (nSPS) is 17.0. The largest absolute Gasteiger partial charge is 0.361 e. The molecular formula is C19H24FN3O2. The number of carbonyl (C=O) groups is 1. The van der Waals surface area contributed by atoms with Crippen LogP contribution < -0.4 is 5.32 Å². The first-order valence-electron chi connectivity index (χ1n) is 8.62. The predicted molar refractivity (Wildman–Crippen MR) is 92.9 cm³/mol. The van der Waals surface area contributed by atoms with Gasteiger partial charge < -0.3 is 14.7 Å². The summed E-state index contributed by atoms with van der Waals surface area (Å²) in [6, 6.07) is 4.87. The van der Waals surface area contributed by atoms with Gasteiger partial charge in [-0.3, -0.25) is 4.79 Å². The Labute approximate surface area is 147 Å². The Morgan fingerprint density at radius 2 is 2.24 bits per heavy atom. The number of rotatable bonds is 5. The molecule has 0 bridgehead atoms. The molecule has 1 unspecified atom stereocenters. The molecular weight excluding hydrogens is 321 g/mol. The molecule has 1 saturated heterocycles. The summed E-state index contributed by atoms with van der Waals surface area (Å²) in [4.78, 5) is 14.2. The number of carbonyl (C=O) groups excluding carboxylic acids is 1. The van der Waals surface area contributed by atoms with Crippen molar-refractivity contribution in [3.05, 3.63) is 52.2 Å². The molecule has 6 heteroatoms. The second kappa shape index (κ2) is 7.35. The van der Waals surface area contributed by atoms with Crippen molar-refractivity contribution in [3.8, 4) is 0 Å². The van der Waals surface area contributed by atoms with Crippen molar-refractivity contribution >= 4 is 5.91 Å².